The van der Waals surface area contributed by atoms with Crippen molar-refractivity contribution in [3.05, 3.63) is 0 Å². The summed E-state index contributed by atoms with van der Waals surface area (Å²) in [5, 5.41) is 0. The molecule has 0 amide bonds. The quantitative estimate of drug-likeness (QED) is 0.705. The molecule has 0 radical (unpaired) electrons. The van der Waals surface area contributed by atoms with E-state index in [-0.39, 0.29) is 5.90 Å². The van der Waals surface area contributed by atoms with Gasteiger partial charge in [-0.2, -0.15) is 0 Å². The van der Waals surface area contributed by atoms with Crippen molar-refractivity contribution in [2.45, 2.75) is 0 Å². The van der Waals surface area contributed by atoms with Crippen LogP contribution in [0, 0.1) is 0 Å². The third kappa shape index (κ3) is 5.39. The lowest BCUT2D eigenvalue weighted by atomic mass is 11.8. The maximum Gasteiger partial charge on any atom is 0.195 e. The summed E-state index contributed by atoms with van der Waals surface area (Å²) in [7, 11) is 2.57. The summed E-state index contributed by atoms with van der Waals surface area (Å²) in [5.74, 6) is -0.141. The van der Waals surface area contributed by atoms with E-state index in [1.165, 1.54) is 14.2 Å². The fraction of sp³-hybridized carbons (Fsp3) is 1.00. The van der Waals surface area contributed by atoms with Crippen LogP contribution in [0.1, 0.15) is 0 Å². The van der Waals surface area contributed by atoms with E-state index in [2.05, 4.69) is 32.7 Å². The predicted molar refractivity (Wildman–Crippen MR) is 51.9 cm³/mol. The molecule has 0 saturated carbocycles. The molecule has 0 aromatic heterocycles. The number of hydrogen-bond acceptors (Lipinski definition) is 4. The lowest BCUT2D eigenvalue weighted by Gasteiger charge is -2.18. The topological polar surface area (TPSA) is 58.9 Å². The van der Waals surface area contributed by atoms with Crippen LogP contribution in [0.4, 0.5) is 0 Å². The zero-order valence-corrected chi connectivity index (χ0v) is 9.55. The first kappa shape index (κ1) is 12.1. The molecule has 0 bridgehead atoms. The van der Waals surface area contributed by atoms with Gasteiger partial charge in [0, 0.05) is 14.2 Å². The van der Waals surface area contributed by atoms with Crippen molar-refractivity contribution in [3.63, 3.8) is 0 Å². The van der Waals surface area contributed by atoms with Gasteiger partial charge in [0.2, 0.25) is 0 Å². The summed E-state index contributed by atoms with van der Waals surface area (Å²) >= 11 is 9.25. The van der Waals surface area contributed by atoms with Gasteiger partial charge < -0.3 is 18.8 Å². The van der Waals surface area contributed by atoms with Crippen molar-refractivity contribution in [1.82, 2.24) is 0 Å². The van der Waals surface area contributed by atoms with Crippen LogP contribution in [0.5, 0.6) is 0 Å². The fourth-order valence-electron chi connectivity index (χ4n) is 0.341. The van der Waals surface area contributed by atoms with E-state index in [4.69, 9.17) is 0 Å². The molecule has 0 spiro atoms. The first-order chi connectivity index (χ1) is 4.83. The minimum absolute atomic E-state index is 0.141. The first-order valence-electron chi connectivity index (χ1n) is 2.58. The maximum absolute atomic E-state index is 9.21. The summed E-state index contributed by atoms with van der Waals surface area (Å²) in [6, 6.07) is 0. The van der Waals surface area contributed by atoms with Crippen LogP contribution >= 0.6 is 13.0 Å². The Morgan fingerprint density at radius 3 is 1.55 bits per heavy atom. The lowest BCUT2D eigenvalue weighted by molar-refractivity contribution is 0.374. The Morgan fingerprint density at radius 1 is 1.09 bits per heavy atom. The van der Waals surface area contributed by atoms with Gasteiger partial charge in [0.15, 0.2) is 13.0 Å². The van der Waals surface area contributed by atoms with Crippen LogP contribution < -0.4 is 0 Å². The SMILES string of the molecule is COP(O)(=S)CP(O)(=S)OC. The van der Waals surface area contributed by atoms with Gasteiger partial charge in [0.05, 0.1) is 5.90 Å². The fourth-order valence-corrected chi connectivity index (χ4v) is 6.55. The molecule has 0 aliphatic heterocycles. The molecular formula is C3H10O4P2S2. The molecular weight excluding hydrogens is 226 g/mol. The van der Waals surface area contributed by atoms with Crippen molar-refractivity contribution >= 4 is 36.6 Å². The molecule has 2 unspecified atom stereocenters. The highest BCUT2D eigenvalue weighted by Crippen LogP contribution is 2.57. The van der Waals surface area contributed by atoms with Gasteiger partial charge >= 0.3 is 0 Å². The Bertz CT molecular complexity index is 195. The van der Waals surface area contributed by atoms with Crippen molar-refractivity contribution in [2.24, 2.45) is 0 Å². The monoisotopic (exact) mass is 236 g/mol. The lowest BCUT2D eigenvalue weighted by Crippen LogP contribution is -1.93. The molecule has 11 heavy (non-hydrogen) atoms. The summed E-state index contributed by atoms with van der Waals surface area (Å²) < 4.78 is 9.16. The van der Waals surface area contributed by atoms with Crippen LogP contribution in [-0.2, 0) is 32.7 Å². The predicted octanol–water partition coefficient (Wildman–Crippen LogP) is 0.840. The Hall–Kier alpha value is 1.14. The largest absolute Gasteiger partial charge is 0.345 e. The second-order valence-corrected chi connectivity index (χ2v) is 9.62. The van der Waals surface area contributed by atoms with Crippen LogP contribution in [0.3, 0.4) is 0 Å². The molecule has 0 fully saturated rings. The van der Waals surface area contributed by atoms with Gasteiger partial charge in [0.1, 0.15) is 0 Å². The van der Waals surface area contributed by atoms with Crippen molar-refractivity contribution in [3.8, 4) is 0 Å². The summed E-state index contributed by atoms with van der Waals surface area (Å²) in [5.41, 5.74) is 0. The van der Waals surface area contributed by atoms with Gasteiger partial charge in [-0.3, -0.25) is 0 Å². The van der Waals surface area contributed by atoms with E-state index < -0.39 is 13.0 Å². The van der Waals surface area contributed by atoms with Crippen molar-refractivity contribution in [1.29, 1.82) is 0 Å². The normalized spacial score (nSPS) is 22.2. The van der Waals surface area contributed by atoms with Crippen LogP contribution in [0.25, 0.3) is 0 Å². The van der Waals surface area contributed by atoms with Gasteiger partial charge in [0.25, 0.3) is 0 Å². The zero-order chi connectivity index (χ0) is 9.12. The molecule has 68 valence electrons. The van der Waals surface area contributed by atoms with Gasteiger partial charge in [-0.05, 0) is 23.6 Å². The highest BCUT2D eigenvalue weighted by atomic mass is 32.5. The smallest absolute Gasteiger partial charge is 0.195 e. The summed E-state index contributed by atoms with van der Waals surface area (Å²) in [4.78, 5) is 18.4. The van der Waals surface area contributed by atoms with E-state index in [9.17, 15) is 9.79 Å². The average Bonchev–Trinajstić information content (AvgIpc) is 1.86. The molecule has 4 nitrogen and oxygen atoms in total. The molecule has 2 N–H and O–H groups in total. The highest BCUT2D eigenvalue weighted by Gasteiger charge is 2.23. The average molecular weight is 236 g/mol. The van der Waals surface area contributed by atoms with Gasteiger partial charge in [-0.25, -0.2) is 0 Å². The second-order valence-electron chi connectivity index (χ2n) is 1.78. The second kappa shape index (κ2) is 4.40. The summed E-state index contributed by atoms with van der Waals surface area (Å²) in [6.07, 6.45) is 0. The third-order valence-electron chi connectivity index (χ3n) is 0.928. The number of hydrogen-bond donors (Lipinski definition) is 2. The van der Waals surface area contributed by atoms with E-state index in [0.717, 1.165) is 0 Å². The first-order valence-corrected chi connectivity index (χ1v) is 8.30. The van der Waals surface area contributed by atoms with Crippen molar-refractivity contribution in [2.75, 3.05) is 20.1 Å². The maximum atomic E-state index is 9.21. The Morgan fingerprint density at radius 2 is 1.36 bits per heavy atom. The summed E-state index contributed by atoms with van der Waals surface area (Å²) in [6.45, 7) is -5.82. The van der Waals surface area contributed by atoms with E-state index in [1.54, 1.807) is 0 Å². The van der Waals surface area contributed by atoms with E-state index in [0.29, 0.717) is 0 Å². The van der Waals surface area contributed by atoms with Gasteiger partial charge in [-0.1, -0.05) is 0 Å². The third-order valence-corrected chi connectivity index (χ3v) is 7.90. The van der Waals surface area contributed by atoms with Crippen LogP contribution in [-0.4, -0.2) is 29.9 Å². The van der Waals surface area contributed by atoms with E-state index >= 15 is 0 Å². The number of rotatable bonds is 4. The van der Waals surface area contributed by atoms with Crippen molar-refractivity contribution < 1.29 is 18.8 Å². The van der Waals surface area contributed by atoms with Crippen LogP contribution in [0.15, 0.2) is 0 Å². The van der Waals surface area contributed by atoms with E-state index in [1.807, 2.05) is 0 Å². The molecule has 0 rings (SSSR count). The molecule has 0 aliphatic rings. The van der Waals surface area contributed by atoms with Gasteiger partial charge in [-0.15, -0.1) is 0 Å². The minimum Gasteiger partial charge on any atom is -0.345 e. The molecule has 2 atom stereocenters. The highest BCUT2D eigenvalue weighted by molar-refractivity contribution is 8.18. The molecule has 0 saturated heterocycles. The molecule has 0 aromatic carbocycles. The molecule has 0 aromatic rings. The standard InChI is InChI=1S/C3H10O4P2S2/c1-6-8(4,10)3-9(5,11)7-2/h3H2,1-2H3,(H,4,10)(H,5,11). The molecule has 0 heterocycles. The Kier molecular flexibility index (Phi) is 4.85. The Balaban J connectivity index is 4.26. The van der Waals surface area contributed by atoms with Crippen LogP contribution in [0.2, 0.25) is 0 Å². The molecule has 0 aliphatic carbocycles. The zero-order valence-electron chi connectivity index (χ0n) is 6.13. The minimum atomic E-state index is -2.91. The molecule has 8 heteroatoms. The Labute approximate surface area is 75.9 Å².